The van der Waals surface area contributed by atoms with E-state index >= 15 is 0 Å². The highest BCUT2D eigenvalue weighted by molar-refractivity contribution is 7.90. The molecule has 7 N–H and O–H groups in total. The first kappa shape index (κ1) is 30.7. The maximum Gasteiger partial charge on any atom is 0.295 e. The Kier molecular flexibility index (Phi) is 12.8. The van der Waals surface area contributed by atoms with Crippen molar-refractivity contribution >= 4 is 32.2 Å². The Labute approximate surface area is 212 Å². The van der Waals surface area contributed by atoms with Crippen LogP contribution in [0.2, 0.25) is 0 Å². The van der Waals surface area contributed by atoms with Crippen molar-refractivity contribution < 1.29 is 25.9 Å². The van der Waals surface area contributed by atoms with Crippen molar-refractivity contribution in [3.63, 3.8) is 0 Å². The second-order valence-corrected chi connectivity index (χ2v) is 10.0. The molecular formula is C22H32N6O6S2. The van der Waals surface area contributed by atoms with Crippen LogP contribution in [0.1, 0.15) is 13.3 Å². The Morgan fingerprint density at radius 1 is 1.22 bits per heavy atom. The van der Waals surface area contributed by atoms with E-state index < -0.39 is 26.0 Å². The minimum atomic E-state index is -4.60. The summed E-state index contributed by atoms with van der Waals surface area (Å²) in [5.74, 6) is -0.198. The van der Waals surface area contributed by atoms with E-state index in [4.69, 9.17) is 10.3 Å². The lowest BCUT2D eigenvalue weighted by molar-refractivity contribution is 0.486. The van der Waals surface area contributed by atoms with Crippen molar-refractivity contribution in [3.8, 4) is 0 Å². The fraction of sp³-hybridized carbons (Fsp3) is 0.273. The highest BCUT2D eigenvalue weighted by Gasteiger charge is 2.18. The van der Waals surface area contributed by atoms with Gasteiger partial charge >= 0.3 is 0 Å². The lowest BCUT2D eigenvalue weighted by atomic mass is 10.1. The van der Waals surface area contributed by atoms with Gasteiger partial charge in [0.05, 0.1) is 12.4 Å². The van der Waals surface area contributed by atoms with Crippen molar-refractivity contribution in [2.45, 2.75) is 13.3 Å². The van der Waals surface area contributed by atoms with E-state index in [0.717, 1.165) is 0 Å². The van der Waals surface area contributed by atoms with Gasteiger partial charge < -0.3 is 11.1 Å². The molecule has 0 aromatic carbocycles. The molecule has 0 saturated carbocycles. The molecule has 36 heavy (non-hydrogen) atoms. The Morgan fingerprint density at radius 2 is 1.94 bits per heavy atom. The van der Waals surface area contributed by atoms with Gasteiger partial charge in [-0.3, -0.25) is 24.7 Å². The number of hydrogen-bond acceptors (Lipinski definition) is 7. The molecule has 1 aliphatic carbocycles. The number of nitrogens with zero attached hydrogens (tertiary/aromatic N) is 2. The lowest BCUT2D eigenvalue weighted by Gasteiger charge is -2.14. The van der Waals surface area contributed by atoms with Crippen molar-refractivity contribution in [3.05, 3.63) is 83.0 Å². The number of nitrogens with one attached hydrogen (secondary N) is 3. The molecular weight excluding hydrogens is 508 g/mol. The molecule has 0 aliphatic heterocycles. The van der Waals surface area contributed by atoms with Crippen LogP contribution in [0.15, 0.2) is 93.0 Å². The SMILES string of the molecule is C=C(/C=C\C=C/CS(=O)(=O)O)/C=C/C1=C(S(=O)(=O)O)C=C(N/C(=N/CNCC)NC(N)=NC)CC=C1. The predicted molar refractivity (Wildman–Crippen MR) is 143 cm³/mol. The number of hydrogen-bond donors (Lipinski definition) is 6. The fourth-order valence-electron chi connectivity index (χ4n) is 2.52. The van der Waals surface area contributed by atoms with E-state index in [1.54, 1.807) is 18.2 Å². The van der Waals surface area contributed by atoms with Crippen LogP contribution in [0.3, 0.4) is 0 Å². The molecule has 1 aliphatic rings. The van der Waals surface area contributed by atoms with Gasteiger partial charge in [-0.2, -0.15) is 16.8 Å². The van der Waals surface area contributed by atoms with Crippen LogP contribution >= 0.6 is 0 Å². The first-order valence-electron chi connectivity index (χ1n) is 10.6. The number of nitrogens with two attached hydrogens (primary N) is 1. The van der Waals surface area contributed by atoms with Gasteiger partial charge in [0.2, 0.25) is 5.96 Å². The van der Waals surface area contributed by atoms with Crippen molar-refractivity contribution in [2.75, 3.05) is 26.0 Å². The third kappa shape index (κ3) is 13.0. The third-order valence-corrected chi connectivity index (χ3v) is 5.73. The molecule has 0 saturated heterocycles. The summed E-state index contributed by atoms with van der Waals surface area (Å²) in [5.41, 5.74) is 6.81. The van der Waals surface area contributed by atoms with Crippen LogP contribution in [0.4, 0.5) is 0 Å². The first-order valence-corrected chi connectivity index (χ1v) is 13.7. The van der Waals surface area contributed by atoms with Crippen LogP contribution in [0.25, 0.3) is 0 Å². The largest absolute Gasteiger partial charge is 0.370 e. The van der Waals surface area contributed by atoms with Crippen molar-refractivity contribution in [1.29, 1.82) is 0 Å². The van der Waals surface area contributed by atoms with E-state index in [1.807, 2.05) is 6.92 Å². The zero-order chi connectivity index (χ0) is 27.2. The van der Waals surface area contributed by atoms with Gasteiger partial charge in [-0.05, 0) is 23.8 Å². The van der Waals surface area contributed by atoms with Crippen molar-refractivity contribution in [2.24, 2.45) is 15.7 Å². The predicted octanol–water partition coefficient (Wildman–Crippen LogP) is 1.13. The van der Waals surface area contributed by atoms with Gasteiger partial charge in [-0.1, -0.05) is 62.1 Å². The lowest BCUT2D eigenvalue weighted by Crippen LogP contribution is -2.44. The zero-order valence-electron chi connectivity index (χ0n) is 20.0. The molecule has 0 bridgehead atoms. The van der Waals surface area contributed by atoms with Gasteiger partial charge in [0.1, 0.15) is 4.91 Å². The highest BCUT2D eigenvalue weighted by Crippen LogP contribution is 2.22. The number of rotatable bonds is 11. The molecule has 1 rings (SSSR count). The Balaban J connectivity index is 3.19. The average Bonchev–Trinajstić information content (AvgIpc) is 2.98. The molecule has 12 nitrogen and oxygen atoms in total. The van der Waals surface area contributed by atoms with E-state index in [2.05, 4.69) is 32.5 Å². The molecule has 0 aromatic rings. The summed E-state index contributed by atoms with van der Waals surface area (Å²) in [6, 6.07) is 0. The zero-order valence-corrected chi connectivity index (χ0v) is 21.7. The van der Waals surface area contributed by atoms with Crippen molar-refractivity contribution in [1.82, 2.24) is 16.0 Å². The van der Waals surface area contributed by atoms with Crippen LogP contribution in [0.5, 0.6) is 0 Å². The molecule has 0 aromatic heterocycles. The van der Waals surface area contributed by atoms with Crippen LogP contribution in [-0.2, 0) is 20.2 Å². The summed E-state index contributed by atoms with van der Waals surface area (Å²) in [7, 11) is -7.19. The topological polar surface area (TPSA) is 196 Å². The molecule has 0 spiro atoms. The van der Waals surface area contributed by atoms with Gasteiger partial charge in [0.25, 0.3) is 20.2 Å². The van der Waals surface area contributed by atoms with Gasteiger partial charge in [0.15, 0.2) is 5.96 Å². The summed E-state index contributed by atoms with van der Waals surface area (Å²) in [6.45, 7) is 6.68. The summed E-state index contributed by atoms with van der Waals surface area (Å²) < 4.78 is 64.2. The minimum absolute atomic E-state index is 0.0936. The molecule has 0 unspecified atom stereocenters. The summed E-state index contributed by atoms with van der Waals surface area (Å²) >= 11 is 0. The van der Waals surface area contributed by atoms with E-state index in [-0.39, 0.29) is 29.1 Å². The molecule has 0 heterocycles. The second-order valence-electron chi connectivity index (χ2n) is 7.14. The highest BCUT2D eigenvalue weighted by atomic mass is 32.2. The summed E-state index contributed by atoms with van der Waals surface area (Å²) in [4.78, 5) is 7.76. The average molecular weight is 541 g/mol. The second kappa shape index (κ2) is 15.0. The normalized spacial score (nSPS) is 16.2. The first-order chi connectivity index (χ1) is 16.9. The molecule has 0 fully saturated rings. The van der Waals surface area contributed by atoms with E-state index in [9.17, 15) is 21.4 Å². The number of guanidine groups is 2. The Morgan fingerprint density at radius 3 is 2.56 bits per heavy atom. The maximum atomic E-state index is 12.1. The molecule has 0 amide bonds. The number of aliphatic imine (C=N–C) groups is 2. The summed E-state index contributed by atoms with van der Waals surface area (Å²) in [5, 5.41) is 8.78. The van der Waals surface area contributed by atoms with Gasteiger partial charge in [0, 0.05) is 19.2 Å². The number of allylic oxidation sites excluding steroid dienone is 10. The van der Waals surface area contributed by atoms with Gasteiger partial charge in [-0.25, -0.2) is 4.99 Å². The van der Waals surface area contributed by atoms with Crippen LogP contribution < -0.4 is 21.7 Å². The monoisotopic (exact) mass is 540 g/mol. The smallest absolute Gasteiger partial charge is 0.295 e. The van der Waals surface area contributed by atoms with Crippen LogP contribution in [-0.4, -0.2) is 63.9 Å². The van der Waals surface area contributed by atoms with E-state index in [0.29, 0.717) is 24.2 Å². The van der Waals surface area contributed by atoms with Gasteiger partial charge in [-0.15, -0.1) is 0 Å². The van der Waals surface area contributed by atoms with E-state index in [1.165, 1.54) is 43.5 Å². The quantitative estimate of drug-likeness (QED) is 0.0726. The Hall–Kier alpha value is -3.30. The Bertz CT molecular complexity index is 1250. The molecule has 198 valence electrons. The maximum absolute atomic E-state index is 12.1. The summed E-state index contributed by atoms with van der Waals surface area (Å²) in [6.07, 6.45) is 13.5. The standard InChI is InChI=1S/C22H32N6O6S2/c1-4-25-16-26-22(28-21(23)24-3)27-19-11-8-10-18(20(15-19)36(32,33)34)13-12-17(2)9-6-5-7-14-35(29,30)31/h5-10,12-13,15,25H,2,4,11,14,16H2,1,3H3,(H,29,30,31)(H,32,33,34)(H4,23,24,26,27,28)/b7-5-,9-6-,13-12+. The molecule has 14 heteroatoms. The fourth-order valence-corrected chi connectivity index (χ4v) is 3.60. The van der Waals surface area contributed by atoms with Crippen LogP contribution in [0, 0.1) is 0 Å². The molecule has 0 radical (unpaired) electrons. The third-order valence-electron chi connectivity index (χ3n) is 4.21. The molecule has 0 atom stereocenters. The minimum Gasteiger partial charge on any atom is -0.370 e.